The van der Waals surface area contributed by atoms with Crippen molar-refractivity contribution in [3.8, 4) is 0 Å². The SMILES string of the molecule is COC(=O)c1cccc(NC(=O)c2ccnc(C(=O)NCCCN(C)C)c2)c1. The molecule has 2 rings (SSSR count). The zero-order chi connectivity index (χ0) is 20.5. The van der Waals surface area contributed by atoms with Crippen LogP contribution in [0, 0.1) is 0 Å². The Morgan fingerprint density at radius 3 is 2.57 bits per heavy atom. The van der Waals surface area contributed by atoms with Crippen molar-refractivity contribution in [2.45, 2.75) is 6.42 Å². The molecule has 1 aromatic heterocycles. The molecule has 0 saturated carbocycles. The van der Waals surface area contributed by atoms with Crippen molar-refractivity contribution in [3.63, 3.8) is 0 Å². The average Bonchev–Trinajstić information content (AvgIpc) is 2.70. The monoisotopic (exact) mass is 384 g/mol. The lowest BCUT2D eigenvalue weighted by molar-refractivity contribution is 0.0600. The van der Waals surface area contributed by atoms with Crippen molar-refractivity contribution in [2.24, 2.45) is 0 Å². The Balaban J connectivity index is 2.02. The predicted octanol–water partition coefficient (Wildman–Crippen LogP) is 1.80. The predicted molar refractivity (Wildman–Crippen MR) is 105 cm³/mol. The summed E-state index contributed by atoms with van der Waals surface area (Å²) in [5.74, 6) is -1.24. The van der Waals surface area contributed by atoms with Gasteiger partial charge in [-0.2, -0.15) is 0 Å². The molecule has 0 atom stereocenters. The molecule has 0 bridgehead atoms. The van der Waals surface area contributed by atoms with Gasteiger partial charge in [0, 0.05) is 24.0 Å². The third kappa shape index (κ3) is 6.17. The molecule has 148 valence electrons. The van der Waals surface area contributed by atoms with Gasteiger partial charge in [0.05, 0.1) is 12.7 Å². The molecule has 8 nitrogen and oxygen atoms in total. The van der Waals surface area contributed by atoms with Crippen LogP contribution in [0.5, 0.6) is 0 Å². The van der Waals surface area contributed by atoms with Crippen LogP contribution in [0.2, 0.25) is 0 Å². The number of nitrogens with zero attached hydrogens (tertiary/aromatic N) is 2. The molecule has 2 N–H and O–H groups in total. The molecular weight excluding hydrogens is 360 g/mol. The van der Waals surface area contributed by atoms with Gasteiger partial charge in [-0.1, -0.05) is 6.07 Å². The van der Waals surface area contributed by atoms with Crippen LogP contribution < -0.4 is 10.6 Å². The molecule has 0 unspecified atom stereocenters. The van der Waals surface area contributed by atoms with Gasteiger partial charge in [0.2, 0.25) is 0 Å². The minimum absolute atomic E-state index is 0.167. The molecule has 2 aromatic rings. The normalized spacial score (nSPS) is 10.4. The number of carbonyl (C=O) groups excluding carboxylic acids is 3. The van der Waals surface area contributed by atoms with Gasteiger partial charge in [0.25, 0.3) is 11.8 Å². The minimum Gasteiger partial charge on any atom is -0.465 e. The van der Waals surface area contributed by atoms with Crippen LogP contribution in [0.15, 0.2) is 42.6 Å². The lowest BCUT2D eigenvalue weighted by Gasteiger charge is -2.10. The number of hydrogen-bond donors (Lipinski definition) is 2. The van der Waals surface area contributed by atoms with Crippen LogP contribution in [0.4, 0.5) is 5.69 Å². The van der Waals surface area contributed by atoms with Gasteiger partial charge in [-0.3, -0.25) is 14.6 Å². The van der Waals surface area contributed by atoms with E-state index in [1.165, 1.54) is 31.5 Å². The highest BCUT2D eigenvalue weighted by molar-refractivity contribution is 6.06. The van der Waals surface area contributed by atoms with Crippen molar-refractivity contribution in [3.05, 3.63) is 59.4 Å². The van der Waals surface area contributed by atoms with Crippen LogP contribution in [-0.2, 0) is 4.74 Å². The standard InChI is InChI=1S/C20H24N4O4/c1-24(2)11-5-9-22-19(26)17-13-14(8-10-21-17)18(25)23-16-7-4-6-15(12-16)20(27)28-3/h4,6-8,10,12-13H,5,9,11H2,1-3H3,(H,22,26)(H,23,25). The van der Waals surface area contributed by atoms with Gasteiger partial charge in [-0.05, 0) is 57.4 Å². The molecule has 0 saturated heterocycles. The van der Waals surface area contributed by atoms with Gasteiger partial charge in [0.15, 0.2) is 0 Å². The molecule has 28 heavy (non-hydrogen) atoms. The van der Waals surface area contributed by atoms with Gasteiger partial charge in [-0.15, -0.1) is 0 Å². The third-order valence-corrected chi connectivity index (χ3v) is 3.86. The maximum atomic E-state index is 12.5. The van der Waals surface area contributed by atoms with E-state index >= 15 is 0 Å². The van der Waals surface area contributed by atoms with Crippen molar-refractivity contribution in [2.75, 3.05) is 39.6 Å². The Labute approximate surface area is 163 Å². The van der Waals surface area contributed by atoms with Crippen molar-refractivity contribution >= 4 is 23.5 Å². The van der Waals surface area contributed by atoms with E-state index in [-0.39, 0.29) is 17.2 Å². The second-order valence-corrected chi connectivity index (χ2v) is 6.37. The molecule has 2 amide bonds. The van der Waals surface area contributed by atoms with Crippen LogP contribution in [0.25, 0.3) is 0 Å². The number of hydrogen-bond acceptors (Lipinski definition) is 6. The highest BCUT2D eigenvalue weighted by Crippen LogP contribution is 2.13. The third-order valence-electron chi connectivity index (χ3n) is 3.86. The number of nitrogens with one attached hydrogen (secondary N) is 2. The summed E-state index contributed by atoms with van der Waals surface area (Å²) in [7, 11) is 5.22. The number of amides is 2. The summed E-state index contributed by atoms with van der Waals surface area (Å²) in [4.78, 5) is 42.3. The van der Waals surface area contributed by atoms with Crippen LogP contribution in [0.3, 0.4) is 0 Å². The molecule has 1 aromatic carbocycles. The Kier molecular flexibility index (Phi) is 7.65. The zero-order valence-corrected chi connectivity index (χ0v) is 16.2. The number of benzene rings is 1. The van der Waals surface area contributed by atoms with Gasteiger partial charge >= 0.3 is 5.97 Å². The van der Waals surface area contributed by atoms with E-state index in [2.05, 4.69) is 20.4 Å². The molecular formula is C20H24N4O4. The molecule has 1 heterocycles. The van der Waals surface area contributed by atoms with E-state index in [9.17, 15) is 14.4 Å². The molecule has 0 aliphatic rings. The summed E-state index contributed by atoms with van der Waals surface area (Å²) >= 11 is 0. The van der Waals surface area contributed by atoms with E-state index < -0.39 is 11.9 Å². The summed E-state index contributed by atoms with van der Waals surface area (Å²) < 4.78 is 4.67. The highest BCUT2D eigenvalue weighted by atomic mass is 16.5. The summed E-state index contributed by atoms with van der Waals surface area (Å²) in [6.07, 6.45) is 2.23. The Hall–Kier alpha value is -3.26. The Morgan fingerprint density at radius 2 is 1.86 bits per heavy atom. The molecule has 0 aliphatic heterocycles. The van der Waals surface area contributed by atoms with Gasteiger partial charge in [-0.25, -0.2) is 4.79 Å². The first kappa shape index (κ1) is 21.0. The lowest BCUT2D eigenvalue weighted by Crippen LogP contribution is -2.28. The zero-order valence-electron chi connectivity index (χ0n) is 16.2. The maximum absolute atomic E-state index is 12.5. The smallest absolute Gasteiger partial charge is 0.337 e. The molecule has 0 radical (unpaired) electrons. The number of esters is 1. The molecule has 0 aliphatic carbocycles. The Morgan fingerprint density at radius 1 is 1.07 bits per heavy atom. The van der Waals surface area contributed by atoms with E-state index in [4.69, 9.17) is 0 Å². The lowest BCUT2D eigenvalue weighted by atomic mass is 10.1. The molecule has 0 spiro atoms. The van der Waals surface area contributed by atoms with Crippen molar-refractivity contribution in [1.82, 2.24) is 15.2 Å². The number of methoxy groups -OCH3 is 1. The Bertz CT molecular complexity index is 852. The summed E-state index contributed by atoms with van der Waals surface area (Å²) in [5.41, 5.74) is 1.23. The second kappa shape index (κ2) is 10.2. The number of carbonyl (C=O) groups is 3. The summed E-state index contributed by atoms with van der Waals surface area (Å²) in [6, 6.07) is 9.35. The number of pyridine rings is 1. The largest absolute Gasteiger partial charge is 0.465 e. The van der Waals surface area contributed by atoms with Crippen molar-refractivity contribution < 1.29 is 19.1 Å². The van der Waals surface area contributed by atoms with Crippen LogP contribution in [0.1, 0.15) is 37.6 Å². The van der Waals surface area contributed by atoms with Crippen LogP contribution in [-0.4, -0.2) is 62.0 Å². The van der Waals surface area contributed by atoms with E-state index in [1.807, 2.05) is 19.0 Å². The fourth-order valence-corrected chi connectivity index (χ4v) is 2.43. The highest BCUT2D eigenvalue weighted by Gasteiger charge is 2.13. The quantitative estimate of drug-likeness (QED) is 0.532. The first-order chi connectivity index (χ1) is 13.4. The maximum Gasteiger partial charge on any atom is 0.337 e. The summed E-state index contributed by atoms with van der Waals surface area (Å²) in [5, 5.41) is 5.48. The molecule has 8 heteroatoms. The number of anilines is 1. The first-order valence-electron chi connectivity index (χ1n) is 8.79. The topological polar surface area (TPSA) is 101 Å². The number of ether oxygens (including phenoxy) is 1. The van der Waals surface area contributed by atoms with E-state index in [1.54, 1.807) is 18.2 Å². The van der Waals surface area contributed by atoms with Crippen LogP contribution >= 0.6 is 0 Å². The number of aromatic nitrogens is 1. The minimum atomic E-state index is -0.492. The van der Waals surface area contributed by atoms with Gasteiger partial charge < -0.3 is 20.3 Å². The molecule has 0 fully saturated rings. The van der Waals surface area contributed by atoms with E-state index in [0.717, 1.165) is 13.0 Å². The first-order valence-corrected chi connectivity index (χ1v) is 8.79. The average molecular weight is 384 g/mol. The fraction of sp³-hybridized carbons (Fsp3) is 0.300. The fourth-order valence-electron chi connectivity index (χ4n) is 2.43. The summed E-state index contributed by atoms with van der Waals surface area (Å²) in [6.45, 7) is 1.39. The van der Waals surface area contributed by atoms with E-state index in [0.29, 0.717) is 17.8 Å². The van der Waals surface area contributed by atoms with Crippen molar-refractivity contribution in [1.29, 1.82) is 0 Å². The second-order valence-electron chi connectivity index (χ2n) is 6.37. The number of rotatable bonds is 8. The van der Waals surface area contributed by atoms with Gasteiger partial charge in [0.1, 0.15) is 5.69 Å².